The van der Waals surface area contributed by atoms with Gasteiger partial charge in [0.25, 0.3) is 0 Å². The average Bonchev–Trinajstić information content (AvgIpc) is 3.39. The van der Waals surface area contributed by atoms with Crippen molar-refractivity contribution in [2.24, 2.45) is 7.05 Å². The number of nitrogens with zero attached hydrogens (tertiary/aromatic N) is 5. The van der Waals surface area contributed by atoms with Gasteiger partial charge in [-0.25, -0.2) is 9.18 Å². The third-order valence-electron chi connectivity index (χ3n) is 5.01. The third-order valence-corrected chi connectivity index (χ3v) is 5.01. The highest BCUT2D eigenvalue weighted by atomic mass is 19.1. The lowest BCUT2D eigenvalue weighted by Crippen LogP contribution is -2.35. The summed E-state index contributed by atoms with van der Waals surface area (Å²) in [5.41, 5.74) is 2.70. The van der Waals surface area contributed by atoms with E-state index < -0.39 is 5.60 Å². The van der Waals surface area contributed by atoms with Crippen LogP contribution in [0.3, 0.4) is 0 Å². The number of carbonyl (C=O) groups excluding carboxylic acids is 1. The second-order valence-electron chi connectivity index (χ2n) is 8.61. The Morgan fingerprint density at radius 2 is 1.87 bits per heavy atom. The second-order valence-corrected chi connectivity index (χ2v) is 8.61. The topological polar surface area (TPSA) is 65.2 Å². The van der Waals surface area contributed by atoms with Crippen LogP contribution in [0.4, 0.5) is 9.18 Å². The summed E-state index contributed by atoms with van der Waals surface area (Å²) in [4.78, 5) is 14.2. The van der Waals surface area contributed by atoms with Crippen LogP contribution < -0.4 is 0 Å². The van der Waals surface area contributed by atoms with Crippen LogP contribution in [0.1, 0.15) is 33.2 Å². The Balaban J connectivity index is 1.65. The van der Waals surface area contributed by atoms with Crippen molar-refractivity contribution in [3.05, 3.63) is 48.4 Å². The Bertz CT molecular complexity index is 1050. The molecule has 1 aromatic carbocycles. The SMILES string of the molecule is Cn1ccc(-c2cc(-c3ccc(F)cc3)nn2C2CCN(C(=O)OC(C)(C)C)C2)n1. The first kappa shape index (κ1) is 20.1. The van der Waals surface area contributed by atoms with Crippen molar-refractivity contribution in [3.63, 3.8) is 0 Å². The Morgan fingerprint density at radius 1 is 1.13 bits per heavy atom. The lowest BCUT2D eigenvalue weighted by Gasteiger charge is -2.24. The van der Waals surface area contributed by atoms with E-state index in [1.165, 1.54) is 12.1 Å². The van der Waals surface area contributed by atoms with Gasteiger partial charge in [0, 0.05) is 31.9 Å². The molecule has 30 heavy (non-hydrogen) atoms. The minimum Gasteiger partial charge on any atom is -0.444 e. The number of ether oxygens (including phenoxy) is 1. The van der Waals surface area contributed by atoms with E-state index in [0.29, 0.717) is 13.1 Å². The predicted molar refractivity (Wildman–Crippen MR) is 111 cm³/mol. The summed E-state index contributed by atoms with van der Waals surface area (Å²) >= 11 is 0. The van der Waals surface area contributed by atoms with Gasteiger partial charge in [-0.1, -0.05) is 0 Å². The summed E-state index contributed by atoms with van der Waals surface area (Å²) in [5.74, 6) is -0.285. The maximum Gasteiger partial charge on any atom is 0.410 e. The Labute approximate surface area is 175 Å². The molecule has 1 saturated heterocycles. The maximum absolute atomic E-state index is 13.3. The van der Waals surface area contributed by atoms with Gasteiger partial charge in [0.05, 0.1) is 17.4 Å². The molecular formula is C22H26FN5O2. The van der Waals surface area contributed by atoms with Crippen LogP contribution in [0.25, 0.3) is 22.6 Å². The monoisotopic (exact) mass is 411 g/mol. The van der Waals surface area contributed by atoms with Crippen molar-refractivity contribution in [3.8, 4) is 22.6 Å². The number of halogens is 1. The van der Waals surface area contributed by atoms with Crippen LogP contribution in [-0.2, 0) is 11.8 Å². The van der Waals surface area contributed by atoms with E-state index in [2.05, 4.69) is 5.10 Å². The summed E-state index contributed by atoms with van der Waals surface area (Å²) in [7, 11) is 1.87. The van der Waals surface area contributed by atoms with E-state index in [-0.39, 0.29) is 18.0 Å². The molecule has 0 radical (unpaired) electrons. The largest absolute Gasteiger partial charge is 0.444 e. The molecule has 158 valence electrons. The summed E-state index contributed by atoms with van der Waals surface area (Å²) in [6.07, 6.45) is 2.34. The number of aryl methyl sites for hydroxylation is 1. The van der Waals surface area contributed by atoms with Crippen LogP contribution in [0.5, 0.6) is 0 Å². The minimum absolute atomic E-state index is 0.00345. The zero-order chi connectivity index (χ0) is 21.5. The number of benzene rings is 1. The van der Waals surface area contributed by atoms with Crippen LogP contribution in [-0.4, -0.2) is 49.2 Å². The molecule has 1 unspecified atom stereocenters. The molecule has 2 aromatic heterocycles. The van der Waals surface area contributed by atoms with Crippen molar-refractivity contribution in [2.75, 3.05) is 13.1 Å². The molecule has 3 aromatic rings. The Kier molecular flexibility index (Phi) is 5.09. The molecule has 0 saturated carbocycles. The first-order valence-corrected chi connectivity index (χ1v) is 10.0. The fourth-order valence-electron chi connectivity index (χ4n) is 3.61. The van der Waals surface area contributed by atoms with Gasteiger partial charge >= 0.3 is 6.09 Å². The maximum atomic E-state index is 13.3. The summed E-state index contributed by atoms with van der Waals surface area (Å²) in [6.45, 7) is 6.70. The number of hydrogen-bond donors (Lipinski definition) is 0. The van der Waals surface area contributed by atoms with Crippen molar-refractivity contribution in [2.45, 2.75) is 38.8 Å². The van der Waals surface area contributed by atoms with Crippen molar-refractivity contribution >= 4 is 6.09 Å². The zero-order valence-corrected chi connectivity index (χ0v) is 17.7. The van der Waals surface area contributed by atoms with Gasteiger partial charge in [-0.05, 0) is 63.6 Å². The molecule has 1 amide bonds. The first-order valence-electron chi connectivity index (χ1n) is 10.0. The fourth-order valence-corrected chi connectivity index (χ4v) is 3.61. The lowest BCUT2D eigenvalue weighted by atomic mass is 10.1. The second kappa shape index (κ2) is 7.59. The lowest BCUT2D eigenvalue weighted by molar-refractivity contribution is 0.0288. The number of rotatable bonds is 3. The molecule has 0 bridgehead atoms. The van der Waals surface area contributed by atoms with Crippen LogP contribution >= 0.6 is 0 Å². The highest BCUT2D eigenvalue weighted by Gasteiger charge is 2.32. The number of amides is 1. The van der Waals surface area contributed by atoms with Crippen LogP contribution in [0.15, 0.2) is 42.6 Å². The molecule has 7 nitrogen and oxygen atoms in total. The van der Waals surface area contributed by atoms with Gasteiger partial charge in [0.2, 0.25) is 0 Å². The predicted octanol–water partition coefficient (Wildman–Crippen LogP) is 4.27. The van der Waals surface area contributed by atoms with E-state index in [9.17, 15) is 9.18 Å². The molecular weight excluding hydrogens is 385 g/mol. The first-order chi connectivity index (χ1) is 14.2. The number of hydrogen-bond acceptors (Lipinski definition) is 4. The summed E-state index contributed by atoms with van der Waals surface area (Å²) < 4.78 is 22.5. The smallest absolute Gasteiger partial charge is 0.410 e. The molecule has 3 heterocycles. The normalized spacial score (nSPS) is 16.8. The molecule has 1 fully saturated rings. The number of carbonyl (C=O) groups is 1. The molecule has 0 N–H and O–H groups in total. The Hall–Kier alpha value is -3.16. The van der Waals surface area contributed by atoms with E-state index in [1.54, 1.807) is 21.7 Å². The van der Waals surface area contributed by atoms with Gasteiger partial charge in [-0.2, -0.15) is 10.2 Å². The van der Waals surface area contributed by atoms with Gasteiger partial charge in [-0.3, -0.25) is 9.36 Å². The van der Waals surface area contributed by atoms with E-state index in [4.69, 9.17) is 9.84 Å². The summed E-state index contributed by atoms with van der Waals surface area (Å²) in [6, 6.07) is 10.2. The molecule has 0 aliphatic carbocycles. The van der Waals surface area contributed by atoms with E-state index in [1.807, 2.05) is 50.8 Å². The quantitative estimate of drug-likeness (QED) is 0.646. The molecule has 8 heteroatoms. The van der Waals surface area contributed by atoms with Gasteiger partial charge in [0.1, 0.15) is 17.1 Å². The van der Waals surface area contributed by atoms with Gasteiger partial charge < -0.3 is 9.64 Å². The highest BCUT2D eigenvalue weighted by molar-refractivity contribution is 5.69. The average molecular weight is 411 g/mol. The standard InChI is InChI=1S/C22H26FN5O2/c1-22(2,3)30-21(29)27-12-9-17(14-27)28-20(18-10-11-26(4)24-18)13-19(25-28)15-5-7-16(23)8-6-15/h5-8,10-11,13,17H,9,12,14H2,1-4H3. The van der Waals surface area contributed by atoms with Crippen LogP contribution in [0, 0.1) is 5.82 Å². The van der Waals surface area contributed by atoms with Crippen molar-refractivity contribution < 1.29 is 13.9 Å². The van der Waals surface area contributed by atoms with Crippen molar-refractivity contribution in [1.82, 2.24) is 24.5 Å². The number of likely N-dealkylation sites (tertiary alicyclic amines) is 1. The molecule has 1 aliphatic heterocycles. The van der Waals surface area contributed by atoms with Gasteiger partial charge in [0.15, 0.2) is 0 Å². The number of aromatic nitrogens is 4. The molecule has 4 rings (SSSR count). The fraction of sp³-hybridized carbons (Fsp3) is 0.409. The Morgan fingerprint density at radius 3 is 2.50 bits per heavy atom. The summed E-state index contributed by atoms with van der Waals surface area (Å²) in [5, 5.41) is 9.34. The molecule has 0 spiro atoms. The third kappa shape index (κ3) is 4.22. The highest BCUT2D eigenvalue weighted by Crippen LogP contribution is 2.32. The van der Waals surface area contributed by atoms with Crippen LogP contribution in [0.2, 0.25) is 0 Å². The van der Waals surface area contributed by atoms with E-state index >= 15 is 0 Å². The van der Waals surface area contributed by atoms with Crippen molar-refractivity contribution in [1.29, 1.82) is 0 Å². The molecule has 1 aliphatic rings. The molecule has 1 atom stereocenters. The van der Waals surface area contributed by atoms with E-state index in [0.717, 1.165) is 29.1 Å². The van der Waals surface area contributed by atoms with Gasteiger partial charge in [-0.15, -0.1) is 0 Å². The zero-order valence-electron chi connectivity index (χ0n) is 17.7. The minimum atomic E-state index is -0.532.